The zero-order valence-corrected chi connectivity index (χ0v) is 8.32. The predicted molar refractivity (Wildman–Crippen MR) is 54.4 cm³/mol. The minimum absolute atomic E-state index is 0.513. The fourth-order valence-electron chi connectivity index (χ4n) is 1.55. The first-order valence-corrected chi connectivity index (χ1v) is 4.48. The van der Waals surface area contributed by atoms with Crippen molar-refractivity contribution in [1.82, 2.24) is 9.61 Å². The lowest BCUT2D eigenvalue weighted by molar-refractivity contribution is 0.385. The number of nitrogens with zero attached hydrogens (tertiary/aromatic N) is 2. The van der Waals surface area contributed by atoms with Crippen molar-refractivity contribution < 1.29 is 4.74 Å². The summed E-state index contributed by atoms with van der Waals surface area (Å²) in [6.07, 6.45) is 0. The fourth-order valence-corrected chi connectivity index (χ4v) is 1.55. The van der Waals surface area contributed by atoms with Crippen LogP contribution in [0.4, 0.5) is 0 Å². The van der Waals surface area contributed by atoms with E-state index in [1.54, 1.807) is 11.6 Å². The lowest BCUT2D eigenvalue weighted by Crippen LogP contribution is -2.02. The van der Waals surface area contributed by atoms with Crippen LogP contribution in [0.3, 0.4) is 0 Å². The highest BCUT2D eigenvalue weighted by molar-refractivity contribution is 5.57. The van der Waals surface area contributed by atoms with Gasteiger partial charge in [-0.15, -0.1) is 0 Å². The zero-order chi connectivity index (χ0) is 10.1. The van der Waals surface area contributed by atoms with E-state index >= 15 is 0 Å². The van der Waals surface area contributed by atoms with Gasteiger partial charge in [0.05, 0.1) is 18.3 Å². The Kier molecular flexibility index (Phi) is 2.13. The Hall–Kier alpha value is -1.55. The summed E-state index contributed by atoms with van der Waals surface area (Å²) in [5, 5.41) is 4.33. The van der Waals surface area contributed by atoms with E-state index in [1.807, 2.05) is 25.1 Å². The predicted octanol–water partition coefficient (Wildman–Crippen LogP) is 1.11. The molecule has 2 aromatic rings. The minimum Gasteiger partial charge on any atom is -0.481 e. The molecule has 0 bridgehead atoms. The van der Waals surface area contributed by atoms with Crippen LogP contribution in [-0.2, 0) is 6.54 Å². The Labute approximate surface area is 82.3 Å². The van der Waals surface area contributed by atoms with Crippen LogP contribution in [0.25, 0.3) is 5.52 Å². The van der Waals surface area contributed by atoms with Gasteiger partial charge >= 0.3 is 0 Å². The molecule has 2 aromatic heterocycles. The van der Waals surface area contributed by atoms with Gasteiger partial charge in [-0.3, -0.25) is 0 Å². The van der Waals surface area contributed by atoms with E-state index in [4.69, 9.17) is 10.5 Å². The van der Waals surface area contributed by atoms with Gasteiger partial charge in [0, 0.05) is 12.6 Å². The number of pyridine rings is 1. The molecule has 0 radical (unpaired) electrons. The number of aromatic nitrogens is 2. The van der Waals surface area contributed by atoms with Gasteiger partial charge in [0.25, 0.3) is 0 Å². The van der Waals surface area contributed by atoms with Gasteiger partial charge in [-0.2, -0.15) is 5.10 Å². The number of methoxy groups -OCH3 is 1. The Bertz CT molecular complexity index is 421. The Morgan fingerprint density at radius 2 is 2.29 bits per heavy atom. The third kappa shape index (κ3) is 1.24. The molecule has 0 atom stereocenters. The van der Waals surface area contributed by atoms with Crippen LogP contribution < -0.4 is 10.5 Å². The highest BCUT2D eigenvalue weighted by Crippen LogP contribution is 2.19. The maximum absolute atomic E-state index is 5.63. The van der Waals surface area contributed by atoms with Crippen LogP contribution in [0, 0.1) is 6.92 Å². The summed E-state index contributed by atoms with van der Waals surface area (Å²) in [6.45, 7) is 2.46. The topological polar surface area (TPSA) is 52.5 Å². The first kappa shape index (κ1) is 9.02. The summed E-state index contributed by atoms with van der Waals surface area (Å²) in [5.74, 6) is 0.727. The molecule has 0 saturated carbocycles. The monoisotopic (exact) mass is 191 g/mol. The largest absolute Gasteiger partial charge is 0.481 e. The normalized spacial score (nSPS) is 10.8. The minimum atomic E-state index is 0.513. The number of aryl methyl sites for hydroxylation is 1. The first-order valence-electron chi connectivity index (χ1n) is 4.48. The summed E-state index contributed by atoms with van der Waals surface area (Å²) >= 11 is 0. The average Bonchev–Trinajstić information content (AvgIpc) is 2.57. The first-order chi connectivity index (χ1) is 6.76. The number of fused-ring (bicyclic) bond motifs is 1. The molecule has 0 unspecified atom stereocenters. The molecule has 2 rings (SSSR count). The van der Waals surface area contributed by atoms with Crippen molar-refractivity contribution in [3.05, 3.63) is 29.5 Å². The fraction of sp³-hybridized carbons (Fsp3) is 0.300. The number of hydrogen-bond donors (Lipinski definition) is 1. The van der Waals surface area contributed by atoms with Crippen molar-refractivity contribution in [1.29, 1.82) is 0 Å². The number of nitrogens with two attached hydrogens (primary N) is 1. The van der Waals surface area contributed by atoms with E-state index in [9.17, 15) is 0 Å². The maximum Gasteiger partial charge on any atom is 0.214 e. The molecule has 0 aromatic carbocycles. The van der Waals surface area contributed by atoms with E-state index < -0.39 is 0 Å². The molecule has 14 heavy (non-hydrogen) atoms. The van der Waals surface area contributed by atoms with Crippen molar-refractivity contribution >= 4 is 5.52 Å². The smallest absolute Gasteiger partial charge is 0.214 e. The van der Waals surface area contributed by atoms with Crippen molar-refractivity contribution in [2.75, 3.05) is 7.11 Å². The van der Waals surface area contributed by atoms with Crippen LogP contribution >= 0.6 is 0 Å². The second-order valence-electron chi connectivity index (χ2n) is 3.19. The summed E-state index contributed by atoms with van der Waals surface area (Å²) in [4.78, 5) is 0. The summed E-state index contributed by atoms with van der Waals surface area (Å²) in [5.41, 5.74) is 8.69. The average molecular weight is 191 g/mol. The van der Waals surface area contributed by atoms with E-state index in [2.05, 4.69) is 5.10 Å². The van der Waals surface area contributed by atoms with Gasteiger partial charge in [0.2, 0.25) is 5.88 Å². The molecule has 0 spiro atoms. The molecule has 0 aliphatic rings. The van der Waals surface area contributed by atoms with Crippen molar-refractivity contribution in [3.8, 4) is 5.88 Å². The summed E-state index contributed by atoms with van der Waals surface area (Å²) in [7, 11) is 1.63. The standard InChI is InChI=1S/C10H13N3O/c1-7-5-9-8(6-11)3-4-10(14-2)13(9)12-7/h3-5H,6,11H2,1-2H3. The quantitative estimate of drug-likeness (QED) is 0.773. The number of hydrogen-bond acceptors (Lipinski definition) is 3. The van der Waals surface area contributed by atoms with Gasteiger partial charge in [-0.05, 0) is 18.6 Å². The Morgan fingerprint density at radius 1 is 1.50 bits per heavy atom. The Balaban J connectivity index is 2.77. The van der Waals surface area contributed by atoms with Crippen LogP contribution in [0.5, 0.6) is 5.88 Å². The van der Waals surface area contributed by atoms with Crippen LogP contribution in [0.2, 0.25) is 0 Å². The zero-order valence-electron chi connectivity index (χ0n) is 8.32. The van der Waals surface area contributed by atoms with Crippen molar-refractivity contribution in [2.45, 2.75) is 13.5 Å². The highest BCUT2D eigenvalue weighted by atomic mass is 16.5. The van der Waals surface area contributed by atoms with Gasteiger partial charge in [-0.1, -0.05) is 6.07 Å². The molecule has 0 aliphatic heterocycles. The molecular weight excluding hydrogens is 178 g/mol. The molecule has 2 heterocycles. The van der Waals surface area contributed by atoms with Crippen molar-refractivity contribution in [2.24, 2.45) is 5.73 Å². The number of ether oxygens (including phenoxy) is 1. The number of rotatable bonds is 2. The van der Waals surface area contributed by atoms with E-state index in [0.29, 0.717) is 6.54 Å². The third-order valence-corrected chi connectivity index (χ3v) is 2.23. The van der Waals surface area contributed by atoms with Gasteiger partial charge in [0.15, 0.2) is 0 Å². The molecule has 0 saturated heterocycles. The second kappa shape index (κ2) is 3.31. The van der Waals surface area contributed by atoms with E-state index in [0.717, 1.165) is 22.7 Å². The Morgan fingerprint density at radius 3 is 2.93 bits per heavy atom. The van der Waals surface area contributed by atoms with Crippen LogP contribution in [0.1, 0.15) is 11.3 Å². The van der Waals surface area contributed by atoms with E-state index in [1.165, 1.54) is 0 Å². The van der Waals surface area contributed by atoms with Gasteiger partial charge < -0.3 is 10.5 Å². The second-order valence-corrected chi connectivity index (χ2v) is 3.19. The third-order valence-electron chi connectivity index (χ3n) is 2.23. The molecular formula is C10H13N3O. The van der Waals surface area contributed by atoms with Crippen LogP contribution in [-0.4, -0.2) is 16.7 Å². The lowest BCUT2D eigenvalue weighted by atomic mass is 10.2. The van der Waals surface area contributed by atoms with Gasteiger partial charge in [-0.25, -0.2) is 4.52 Å². The summed E-state index contributed by atoms with van der Waals surface area (Å²) in [6, 6.07) is 5.85. The van der Waals surface area contributed by atoms with E-state index in [-0.39, 0.29) is 0 Å². The lowest BCUT2D eigenvalue weighted by Gasteiger charge is -2.05. The summed E-state index contributed by atoms with van der Waals surface area (Å²) < 4.78 is 6.98. The molecule has 2 N–H and O–H groups in total. The highest BCUT2D eigenvalue weighted by Gasteiger charge is 2.06. The molecule has 4 nitrogen and oxygen atoms in total. The van der Waals surface area contributed by atoms with Gasteiger partial charge in [0.1, 0.15) is 0 Å². The molecule has 74 valence electrons. The maximum atomic E-state index is 5.63. The van der Waals surface area contributed by atoms with Crippen LogP contribution in [0.15, 0.2) is 18.2 Å². The van der Waals surface area contributed by atoms with Crippen molar-refractivity contribution in [3.63, 3.8) is 0 Å². The molecule has 0 fully saturated rings. The SMILES string of the molecule is COc1ccc(CN)c2cc(C)nn12. The molecule has 0 amide bonds. The molecule has 4 heteroatoms. The molecule has 0 aliphatic carbocycles.